The number of hydrogen-bond acceptors (Lipinski definition) is 11. The van der Waals surface area contributed by atoms with Crippen LogP contribution in [-0.4, -0.2) is 56.2 Å². The normalized spacial score (nSPS) is 13.1. The Morgan fingerprint density at radius 1 is 0.900 bits per heavy atom. The lowest BCUT2D eigenvalue weighted by molar-refractivity contribution is -0.155. The molecule has 0 heterocycles. The number of carbonyl (C=O) groups excluding carboxylic acids is 4. The second-order valence-electron chi connectivity index (χ2n) is 10.2. The predicted molar refractivity (Wildman–Crippen MR) is 147 cm³/mol. The van der Waals surface area contributed by atoms with Gasteiger partial charge in [0, 0.05) is 19.3 Å². The summed E-state index contributed by atoms with van der Waals surface area (Å²) in [5.41, 5.74) is 5.39. The first-order valence-electron chi connectivity index (χ1n) is 13.8. The van der Waals surface area contributed by atoms with Crippen LogP contribution in [0.25, 0.3) is 0 Å². The molecule has 0 saturated carbocycles. The highest BCUT2D eigenvalue weighted by molar-refractivity contribution is 5.81. The Bertz CT molecular complexity index is 964. The topological polar surface area (TPSA) is 150 Å². The second-order valence-corrected chi connectivity index (χ2v) is 10.2. The molecule has 226 valence electrons. The van der Waals surface area contributed by atoms with Gasteiger partial charge in [-0.3, -0.25) is 9.59 Å². The lowest BCUT2D eigenvalue weighted by atomic mass is 9.86. The molecule has 1 aromatic rings. The highest BCUT2D eigenvalue weighted by Crippen LogP contribution is 2.32. The average Bonchev–Trinajstić information content (AvgIpc) is 2.88. The summed E-state index contributed by atoms with van der Waals surface area (Å²) in [6.07, 6.45) is 1.21. The van der Waals surface area contributed by atoms with E-state index in [0.29, 0.717) is 30.7 Å². The molecule has 1 unspecified atom stereocenters. The SMILES string of the molecule is CCCCOC(=O)Oc1ccc(CC(N)(C[C@H](C)OC(=O)CCC(C)C)C(=O)OC)cc1OC(=O)OCCCC. The van der Waals surface area contributed by atoms with E-state index in [1.165, 1.54) is 19.2 Å². The molecular formula is C29H45NO10. The van der Waals surface area contributed by atoms with E-state index in [1.54, 1.807) is 13.0 Å². The van der Waals surface area contributed by atoms with Gasteiger partial charge in [-0.15, -0.1) is 0 Å². The van der Waals surface area contributed by atoms with Gasteiger partial charge in [-0.2, -0.15) is 0 Å². The fourth-order valence-corrected chi connectivity index (χ4v) is 3.70. The first kappa shape index (κ1) is 34.7. The van der Waals surface area contributed by atoms with Crippen LogP contribution in [0.3, 0.4) is 0 Å². The molecule has 40 heavy (non-hydrogen) atoms. The molecule has 0 aliphatic carbocycles. The van der Waals surface area contributed by atoms with Gasteiger partial charge in [-0.05, 0) is 49.8 Å². The molecule has 0 saturated heterocycles. The number of benzene rings is 1. The van der Waals surface area contributed by atoms with Crippen LogP contribution in [0.4, 0.5) is 9.59 Å². The van der Waals surface area contributed by atoms with Crippen LogP contribution >= 0.6 is 0 Å². The number of ether oxygens (including phenoxy) is 6. The van der Waals surface area contributed by atoms with E-state index in [-0.39, 0.29) is 49.9 Å². The Balaban J connectivity index is 3.15. The molecule has 0 radical (unpaired) electrons. The smallest absolute Gasteiger partial charge is 0.468 e. The average molecular weight is 568 g/mol. The maximum Gasteiger partial charge on any atom is 0.513 e. The third-order valence-electron chi connectivity index (χ3n) is 5.85. The lowest BCUT2D eigenvalue weighted by Crippen LogP contribution is -2.53. The number of esters is 2. The van der Waals surface area contributed by atoms with E-state index < -0.39 is 29.9 Å². The molecule has 1 aromatic carbocycles. The summed E-state index contributed by atoms with van der Waals surface area (Å²) in [6.45, 7) is 9.90. The number of nitrogens with two attached hydrogens (primary N) is 1. The molecule has 0 spiro atoms. The molecule has 1 rings (SSSR count). The summed E-state index contributed by atoms with van der Waals surface area (Å²) in [5, 5.41) is 0. The van der Waals surface area contributed by atoms with Gasteiger partial charge in [0.05, 0.1) is 20.3 Å². The van der Waals surface area contributed by atoms with Crippen molar-refractivity contribution in [3.8, 4) is 11.5 Å². The monoisotopic (exact) mass is 567 g/mol. The van der Waals surface area contributed by atoms with Crippen molar-refractivity contribution in [2.75, 3.05) is 20.3 Å². The molecule has 0 amide bonds. The van der Waals surface area contributed by atoms with Gasteiger partial charge >= 0.3 is 24.2 Å². The number of unbranched alkanes of at least 4 members (excludes halogenated alkanes) is 2. The highest BCUT2D eigenvalue weighted by atomic mass is 16.7. The van der Waals surface area contributed by atoms with Crippen molar-refractivity contribution in [2.24, 2.45) is 11.7 Å². The Labute approximate surface area is 236 Å². The third kappa shape index (κ3) is 13.1. The van der Waals surface area contributed by atoms with Crippen molar-refractivity contribution in [1.29, 1.82) is 0 Å². The van der Waals surface area contributed by atoms with Crippen molar-refractivity contribution in [1.82, 2.24) is 0 Å². The number of carbonyl (C=O) groups is 4. The van der Waals surface area contributed by atoms with Crippen LogP contribution in [0, 0.1) is 5.92 Å². The van der Waals surface area contributed by atoms with Gasteiger partial charge in [0.25, 0.3) is 0 Å². The van der Waals surface area contributed by atoms with Gasteiger partial charge in [-0.1, -0.05) is 46.6 Å². The summed E-state index contributed by atoms with van der Waals surface area (Å²) in [6, 6.07) is 4.38. The van der Waals surface area contributed by atoms with E-state index in [4.69, 9.17) is 34.2 Å². The standard InChI is InChI=1S/C29H45NO10/c1-7-9-15-36-27(33)39-23-13-12-22(17-24(23)40-28(34)37-16-10-8-2)19-29(30,26(32)35-6)18-21(5)38-25(31)14-11-20(3)4/h12-13,17,20-21H,7-11,14-16,18-19,30H2,1-6H3/t21-,29?/m0/s1. The zero-order valence-corrected chi connectivity index (χ0v) is 24.6. The minimum absolute atomic E-state index is 0.0235. The Morgan fingerprint density at radius 3 is 2.00 bits per heavy atom. The Hall–Kier alpha value is -3.34. The van der Waals surface area contributed by atoms with Gasteiger partial charge in [0.2, 0.25) is 0 Å². The van der Waals surface area contributed by atoms with Crippen LogP contribution in [0.2, 0.25) is 0 Å². The Morgan fingerprint density at radius 2 is 1.48 bits per heavy atom. The van der Waals surface area contributed by atoms with Crippen molar-refractivity contribution in [3.63, 3.8) is 0 Å². The largest absolute Gasteiger partial charge is 0.513 e. The fourth-order valence-electron chi connectivity index (χ4n) is 3.70. The summed E-state index contributed by atoms with van der Waals surface area (Å²) in [7, 11) is 1.21. The Kier molecular flexibility index (Phi) is 15.7. The van der Waals surface area contributed by atoms with Crippen LogP contribution < -0.4 is 15.2 Å². The maximum atomic E-state index is 12.7. The quantitative estimate of drug-likeness (QED) is 0.110. The van der Waals surface area contributed by atoms with Crippen molar-refractivity contribution >= 4 is 24.2 Å². The van der Waals surface area contributed by atoms with E-state index in [2.05, 4.69) is 0 Å². The van der Waals surface area contributed by atoms with Crippen LogP contribution in [-0.2, 0) is 35.0 Å². The molecule has 2 atom stereocenters. The van der Waals surface area contributed by atoms with Gasteiger partial charge in [0.15, 0.2) is 11.5 Å². The van der Waals surface area contributed by atoms with Crippen molar-refractivity contribution in [2.45, 2.75) is 97.6 Å². The number of methoxy groups -OCH3 is 1. The summed E-state index contributed by atoms with van der Waals surface area (Å²) in [4.78, 5) is 49.3. The summed E-state index contributed by atoms with van der Waals surface area (Å²) < 4.78 is 31.1. The molecule has 0 fully saturated rings. The zero-order chi connectivity index (χ0) is 30.1. The number of rotatable bonds is 17. The highest BCUT2D eigenvalue weighted by Gasteiger charge is 2.38. The zero-order valence-electron chi connectivity index (χ0n) is 24.6. The molecular weight excluding hydrogens is 522 g/mol. The van der Waals surface area contributed by atoms with E-state index in [1.807, 2.05) is 27.7 Å². The lowest BCUT2D eigenvalue weighted by Gasteiger charge is -2.29. The van der Waals surface area contributed by atoms with Crippen LogP contribution in [0.5, 0.6) is 11.5 Å². The first-order valence-corrected chi connectivity index (χ1v) is 13.8. The molecule has 2 N–H and O–H groups in total. The maximum absolute atomic E-state index is 12.7. The summed E-state index contributed by atoms with van der Waals surface area (Å²) >= 11 is 0. The van der Waals surface area contributed by atoms with Gasteiger partial charge < -0.3 is 34.2 Å². The van der Waals surface area contributed by atoms with Crippen molar-refractivity contribution in [3.05, 3.63) is 23.8 Å². The minimum Gasteiger partial charge on any atom is -0.468 e. The summed E-state index contributed by atoms with van der Waals surface area (Å²) in [5.74, 6) is -0.938. The molecule has 0 aliphatic heterocycles. The predicted octanol–water partition coefficient (Wildman–Crippen LogP) is 5.49. The van der Waals surface area contributed by atoms with Crippen molar-refractivity contribution < 1.29 is 47.6 Å². The molecule has 11 heteroatoms. The third-order valence-corrected chi connectivity index (χ3v) is 5.85. The second kappa shape index (κ2) is 18.1. The van der Waals surface area contributed by atoms with Crippen LogP contribution in [0.15, 0.2) is 18.2 Å². The van der Waals surface area contributed by atoms with E-state index in [0.717, 1.165) is 12.8 Å². The number of hydrogen-bond donors (Lipinski definition) is 1. The minimum atomic E-state index is -1.58. The first-order chi connectivity index (χ1) is 18.9. The van der Waals surface area contributed by atoms with Gasteiger partial charge in [0.1, 0.15) is 11.6 Å². The van der Waals surface area contributed by atoms with Crippen LogP contribution in [0.1, 0.15) is 85.1 Å². The molecule has 0 aromatic heterocycles. The van der Waals surface area contributed by atoms with E-state index in [9.17, 15) is 19.2 Å². The molecule has 11 nitrogen and oxygen atoms in total. The molecule has 0 aliphatic rings. The fraction of sp³-hybridized carbons (Fsp3) is 0.655. The van der Waals surface area contributed by atoms with E-state index >= 15 is 0 Å². The molecule has 0 bridgehead atoms. The van der Waals surface area contributed by atoms with Gasteiger partial charge in [-0.25, -0.2) is 9.59 Å².